The van der Waals surface area contributed by atoms with Gasteiger partial charge in [0.05, 0.1) is 12.6 Å². The molecule has 0 saturated heterocycles. The molecule has 1 aromatic rings. The zero-order valence-corrected chi connectivity index (χ0v) is 16.6. The van der Waals surface area contributed by atoms with Gasteiger partial charge in [0, 0.05) is 12.2 Å². The van der Waals surface area contributed by atoms with E-state index in [1.807, 2.05) is 0 Å². The SMILES string of the molecule is CCOC(=O)C(=O)C(C(C)=O)C(NCCCCO)c1ccccc1OCC(=O)O. The van der Waals surface area contributed by atoms with Crippen LogP contribution in [0.3, 0.4) is 0 Å². The van der Waals surface area contributed by atoms with Crippen LogP contribution >= 0.6 is 0 Å². The fourth-order valence-electron chi connectivity index (χ4n) is 2.81. The Morgan fingerprint density at radius 3 is 2.41 bits per heavy atom. The molecule has 9 nitrogen and oxygen atoms in total. The van der Waals surface area contributed by atoms with E-state index < -0.39 is 42.1 Å². The summed E-state index contributed by atoms with van der Waals surface area (Å²) >= 11 is 0. The molecule has 0 fully saturated rings. The number of benzene rings is 1. The monoisotopic (exact) mass is 409 g/mol. The molecule has 9 heteroatoms. The lowest BCUT2D eigenvalue weighted by Crippen LogP contribution is -2.41. The van der Waals surface area contributed by atoms with Crippen LogP contribution in [0.1, 0.15) is 38.3 Å². The summed E-state index contributed by atoms with van der Waals surface area (Å²) in [5.74, 6) is -5.03. The van der Waals surface area contributed by atoms with Crippen LogP contribution < -0.4 is 10.1 Å². The summed E-state index contributed by atoms with van der Waals surface area (Å²) < 4.78 is 10.1. The number of rotatable bonds is 14. The van der Waals surface area contributed by atoms with Gasteiger partial charge in [-0.1, -0.05) is 18.2 Å². The van der Waals surface area contributed by atoms with Crippen molar-refractivity contribution in [2.75, 3.05) is 26.4 Å². The number of hydrogen-bond acceptors (Lipinski definition) is 8. The summed E-state index contributed by atoms with van der Waals surface area (Å²) in [6.07, 6.45) is 1.07. The number of aliphatic hydroxyl groups is 1. The van der Waals surface area contributed by atoms with E-state index in [9.17, 15) is 19.2 Å². The van der Waals surface area contributed by atoms with Gasteiger partial charge >= 0.3 is 11.9 Å². The minimum atomic E-state index is -1.38. The van der Waals surface area contributed by atoms with Crippen molar-refractivity contribution in [3.05, 3.63) is 29.8 Å². The Hall–Kier alpha value is -2.78. The van der Waals surface area contributed by atoms with Gasteiger partial charge < -0.3 is 25.0 Å². The van der Waals surface area contributed by atoms with Crippen molar-refractivity contribution in [2.24, 2.45) is 5.92 Å². The van der Waals surface area contributed by atoms with E-state index in [0.717, 1.165) is 0 Å². The van der Waals surface area contributed by atoms with E-state index in [1.165, 1.54) is 13.0 Å². The molecule has 1 rings (SSSR count). The zero-order valence-electron chi connectivity index (χ0n) is 16.6. The molecule has 0 saturated carbocycles. The maximum absolute atomic E-state index is 12.6. The Morgan fingerprint density at radius 2 is 1.83 bits per heavy atom. The molecule has 0 aliphatic carbocycles. The first kappa shape index (κ1) is 24.3. The maximum atomic E-state index is 12.6. The first-order valence-corrected chi connectivity index (χ1v) is 9.32. The number of Topliss-reactive ketones (excluding diaryl/α,β-unsaturated/α-hetero) is 2. The van der Waals surface area contributed by atoms with Gasteiger partial charge in [0.1, 0.15) is 17.5 Å². The number of carboxylic acids is 1. The molecule has 2 unspecified atom stereocenters. The third-order valence-corrected chi connectivity index (χ3v) is 4.08. The number of nitrogens with one attached hydrogen (secondary N) is 1. The van der Waals surface area contributed by atoms with Crippen LogP contribution in [0.15, 0.2) is 24.3 Å². The van der Waals surface area contributed by atoms with E-state index in [0.29, 0.717) is 24.9 Å². The van der Waals surface area contributed by atoms with Crippen molar-refractivity contribution in [3.8, 4) is 5.75 Å². The maximum Gasteiger partial charge on any atom is 0.375 e. The Balaban J connectivity index is 3.30. The fraction of sp³-hybridized carbons (Fsp3) is 0.500. The molecule has 1 aromatic carbocycles. The minimum Gasteiger partial charge on any atom is -0.482 e. The molecular weight excluding hydrogens is 382 g/mol. The van der Waals surface area contributed by atoms with E-state index in [-0.39, 0.29) is 19.0 Å². The zero-order chi connectivity index (χ0) is 21.8. The largest absolute Gasteiger partial charge is 0.482 e. The van der Waals surface area contributed by atoms with Gasteiger partial charge in [0.2, 0.25) is 0 Å². The number of carbonyl (C=O) groups excluding carboxylic acids is 3. The van der Waals surface area contributed by atoms with Crippen LogP contribution in [0.4, 0.5) is 0 Å². The summed E-state index contributed by atoms with van der Waals surface area (Å²) in [7, 11) is 0. The van der Waals surface area contributed by atoms with Crippen molar-refractivity contribution in [1.29, 1.82) is 0 Å². The van der Waals surface area contributed by atoms with E-state index in [1.54, 1.807) is 25.1 Å². The van der Waals surface area contributed by atoms with Crippen molar-refractivity contribution >= 4 is 23.5 Å². The lowest BCUT2D eigenvalue weighted by atomic mass is 9.86. The normalized spacial score (nSPS) is 12.7. The number of para-hydroxylation sites is 1. The second kappa shape index (κ2) is 12.6. The van der Waals surface area contributed by atoms with Gasteiger partial charge in [0.25, 0.3) is 5.78 Å². The summed E-state index contributed by atoms with van der Waals surface area (Å²) in [5.41, 5.74) is 0.371. The third kappa shape index (κ3) is 7.63. The Labute approximate surface area is 169 Å². The Bertz CT molecular complexity index is 718. The topological polar surface area (TPSA) is 139 Å². The number of unbranched alkanes of at least 4 members (excludes halogenated alkanes) is 1. The number of hydrogen-bond donors (Lipinski definition) is 3. The Morgan fingerprint density at radius 1 is 1.14 bits per heavy atom. The second-order valence-corrected chi connectivity index (χ2v) is 6.26. The van der Waals surface area contributed by atoms with Crippen molar-refractivity contribution in [2.45, 2.75) is 32.7 Å². The fourth-order valence-corrected chi connectivity index (χ4v) is 2.81. The summed E-state index contributed by atoms with van der Waals surface area (Å²) in [5, 5.41) is 20.9. The smallest absolute Gasteiger partial charge is 0.375 e. The first-order valence-electron chi connectivity index (χ1n) is 9.32. The van der Waals surface area contributed by atoms with Gasteiger partial charge in [-0.15, -0.1) is 0 Å². The second-order valence-electron chi connectivity index (χ2n) is 6.26. The van der Waals surface area contributed by atoms with Crippen molar-refractivity contribution < 1.29 is 38.9 Å². The number of aliphatic hydroxyl groups excluding tert-OH is 1. The van der Waals surface area contributed by atoms with E-state index >= 15 is 0 Å². The molecule has 29 heavy (non-hydrogen) atoms. The van der Waals surface area contributed by atoms with Crippen LogP contribution in [0.5, 0.6) is 5.75 Å². The quantitative estimate of drug-likeness (QED) is 0.177. The van der Waals surface area contributed by atoms with Crippen LogP contribution in [-0.4, -0.2) is 60.1 Å². The predicted molar refractivity (Wildman–Crippen MR) is 102 cm³/mol. The van der Waals surface area contributed by atoms with Crippen LogP contribution in [0.2, 0.25) is 0 Å². The number of carbonyl (C=O) groups is 4. The standard InChI is InChI=1S/C20H27NO8/c1-3-28-20(27)19(26)17(13(2)23)18(21-10-6-7-11-22)14-8-4-5-9-15(14)29-12-16(24)25/h4-5,8-9,17-18,21-22H,3,6-7,10-12H2,1-2H3,(H,24,25). The van der Waals surface area contributed by atoms with E-state index in [2.05, 4.69) is 5.32 Å². The van der Waals surface area contributed by atoms with Gasteiger partial charge in [-0.25, -0.2) is 9.59 Å². The molecule has 0 spiro atoms. The molecule has 0 aliphatic heterocycles. The average molecular weight is 409 g/mol. The number of ketones is 2. The molecule has 0 bridgehead atoms. The predicted octanol–water partition coefficient (Wildman–Crippen LogP) is 0.891. The highest BCUT2D eigenvalue weighted by molar-refractivity contribution is 6.38. The van der Waals surface area contributed by atoms with Crippen LogP contribution in [0, 0.1) is 5.92 Å². The lowest BCUT2D eigenvalue weighted by Gasteiger charge is -2.27. The van der Waals surface area contributed by atoms with Gasteiger partial charge in [-0.2, -0.15) is 0 Å². The highest BCUT2D eigenvalue weighted by atomic mass is 16.5. The highest BCUT2D eigenvalue weighted by Crippen LogP contribution is 2.32. The summed E-state index contributed by atoms with van der Waals surface area (Å²) in [6.45, 7) is 2.46. The molecule has 0 heterocycles. The van der Waals surface area contributed by atoms with Crippen LogP contribution in [0.25, 0.3) is 0 Å². The molecule has 0 amide bonds. The number of carboxylic acid groups (broad SMARTS) is 1. The van der Waals surface area contributed by atoms with Crippen molar-refractivity contribution in [1.82, 2.24) is 5.32 Å². The molecule has 160 valence electrons. The molecule has 0 aliphatic rings. The Kier molecular flexibility index (Phi) is 10.6. The molecule has 3 N–H and O–H groups in total. The summed E-state index contributed by atoms with van der Waals surface area (Å²) in [4.78, 5) is 47.9. The van der Waals surface area contributed by atoms with Gasteiger partial charge in [0.15, 0.2) is 6.61 Å². The lowest BCUT2D eigenvalue weighted by molar-refractivity contribution is -0.157. The van der Waals surface area contributed by atoms with Gasteiger partial charge in [-0.3, -0.25) is 9.59 Å². The van der Waals surface area contributed by atoms with E-state index in [4.69, 9.17) is 19.7 Å². The minimum absolute atomic E-state index is 0.0114. The highest BCUT2D eigenvalue weighted by Gasteiger charge is 2.38. The van der Waals surface area contributed by atoms with Crippen LogP contribution in [-0.2, 0) is 23.9 Å². The first-order chi connectivity index (χ1) is 13.8. The summed E-state index contributed by atoms with van der Waals surface area (Å²) in [6, 6.07) is 5.45. The molecule has 2 atom stereocenters. The third-order valence-electron chi connectivity index (χ3n) is 4.08. The van der Waals surface area contributed by atoms with Crippen molar-refractivity contribution in [3.63, 3.8) is 0 Å². The van der Waals surface area contributed by atoms with Gasteiger partial charge in [-0.05, 0) is 39.3 Å². The number of aliphatic carboxylic acids is 1. The molecule has 0 radical (unpaired) electrons. The number of esters is 1. The average Bonchev–Trinajstić information content (AvgIpc) is 2.68. The molecular formula is C20H27NO8. The number of ether oxygens (including phenoxy) is 2. The molecule has 0 aromatic heterocycles.